The van der Waals surface area contributed by atoms with Gasteiger partial charge in [-0.2, -0.15) is 0 Å². The molecule has 2 heteroatoms. The van der Waals surface area contributed by atoms with E-state index in [-0.39, 0.29) is 0 Å². The summed E-state index contributed by atoms with van der Waals surface area (Å²) in [5.74, 6) is 1.58. The first-order valence-electron chi connectivity index (χ1n) is 8.64. The maximum absolute atomic E-state index is 3.62. The second-order valence-corrected chi connectivity index (χ2v) is 7.48. The van der Waals surface area contributed by atoms with E-state index in [1.54, 1.807) is 0 Å². The highest BCUT2D eigenvalue weighted by Crippen LogP contribution is 2.32. The van der Waals surface area contributed by atoms with E-state index in [0.717, 1.165) is 24.4 Å². The molecule has 1 saturated heterocycles. The minimum absolute atomic E-state index is 0.649. The van der Waals surface area contributed by atoms with E-state index < -0.39 is 0 Å². The van der Waals surface area contributed by atoms with Crippen molar-refractivity contribution in [3.63, 3.8) is 0 Å². The third kappa shape index (κ3) is 3.42. The van der Waals surface area contributed by atoms with E-state index in [4.69, 9.17) is 0 Å². The molecule has 1 aromatic carbocycles. The lowest BCUT2D eigenvalue weighted by molar-refractivity contribution is 0.297. The van der Waals surface area contributed by atoms with Crippen LogP contribution in [0.3, 0.4) is 0 Å². The van der Waals surface area contributed by atoms with Gasteiger partial charge in [-0.3, -0.25) is 0 Å². The number of nitrogens with one attached hydrogen (secondary N) is 1. The van der Waals surface area contributed by atoms with Gasteiger partial charge in [-0.1, -0.05) is 19.9 Å². The van der Waals surface area contributed by atoms with Crippen LogP contribution in [0.5, 0.6) is 0 Å². The van der Waals surface area contributed by atoms with E-state index in [1.165, 1.54) is 42.6 Å². The summed E-state index contributed by atoms with van der Waals surface area (Å²) in [5, 5.41) is 3.62. The molecule has 1 saturated carbocycles. The minimum atomic E-state index is 0.649. The normalized spacial score (nSPS) is 29.7. The van der Waals surface area contributed by atoms with E-state index in [9.17, 15) is 0 Å². The molecule has 1 aliphatic carbocycles. The van der Waals surface area contributed by atoms with Crippen molar-refractivity contribution in [3.05, 3.63) is 29.3 Å². The van der Waals surface area contributed by atoms with Crippen LogP contribution in [0, 0.1) is 18.8 Å². The number of aryl methyl sites for hydroxylation is 1. The lowest BCUT2D eigenvalue weighted by Gasteiger charge is -2.43. The van der Waals surface area contributed by atoms with Gasteiger partial charge in [0.1, 0.15) is 0 Å². The molecule has 1 aliphatic heterocycles. The van der Waals surface area contributed by atoms with Crippen LogP contribution in [0.2, 0.25) is 0 Å². The third-order valence-electron chi connectivity index (χ3n) is 5.41. The molecule has 1 N–H and O–H groups in total. The average Bonchev–Trinajstić information content (AvgIpc) is 3.25. The largest absolute Gasteiger partial charge is 0.368 e. The Bertz CT molecular complexity index is 492. The topological polar surface area (TPSA) is 15.3 Å². The molecule has 116 valence electrons. The second-order valence-electron chi connectivity index (χ2n) is 7.48. The lowest BCUT2D eigenvalue weighted by Crippen LogP contribution is -2.45. The van der Waals surface area contributed by atoms with Gasteiger partial charge < -0.3 is 10.2 Å². The first kappa shape index (κ1) is 14.9. The molecular weight excluding hydrogens is 256 g/mol. The summed E-state index contributed by atoms with van der Waals surface area (Å²) in [6.07, 6.45) is 4.08. The van der Waals surface area contributed by atoms with E-state index >= 15 is 0 Å². The SMILES string of the molecule is Cc1cc(N2CC(C)CC(C)C2C)ccc1CNC1CC1. The number of benzene rings is 1. The predicted molar refractivity (Wildman–Crippen MR) is 90.8 cm³/mol. The van der Waals surface area contributed by atoms with Crippen LogP contribution in [0.15, 0.2) is 18.2 Å². The molecule has 2 nitrogen and oxygen atoms in total. The van der Waals surface area contributed by atoms with Gasteiger partial charge in [-0.25, -0.2) is 0 Å². The molecular formula is C19H30N2. The smallest absolute Gasteiger partial charge is 0.0371 e. The van der Waals surface area contributed by atoms with Gasteiger partial charge >= 0.3 is 0 Å². The van der Waals surface area contributed by atoms with Crippen molar-refractivity contribution >= 4 is 5.69 Å². The van der Waals surface area contributed by atoms with Crippen LogP contribution >= 0.6 is 0 Å². The fraction of sp³-hybridized carbons (Fsp3) is 0.684. The highest BCUT2D eigenvalue weighted by molar-refractivity contribution is 5.52. The van der Waals surface area contributed by atoms with Crippen molar-refractivity contribution in [3.8, 4) is 0 Å². The van der Waals surface area contributed by atoms with Crippen LogP contribution in [0.4, 0.5) is 5.69 Å². The molecule has 2 aliphatic rings. The summed E-state index contributed by atoms with van der Waals surface area (Å²) in [5.41, 5.74) is 4.30. The molecule has 0 bridgehead atoms. The van der Waals surface area contributed by atoms with Gasteiger partial charge in [0.25, 0.3) is 0 Å². The highest BCUT2D eigenvalue weighted by atomic mass is 15.2. The Kier molecular flexibility index (Phi) is 4.26. The van der Waals surface area contributed by atoms with Crippen LogP contribution in [-0.2, 0) is 6.54 Å². The monoisotopic (exact) mass is 286 g/mol. The molecule has 0 radical (unpaired) electrons. The first-order valence-corrected chi connectivity index (χ1v) is 8.64. The Morgan fingerprint density at radius 1 is 1.19 bits per heavy atom. The summed E-state index contributed by atoms with van der Waals surface area (Å²) in [6.45, 7) is 11.7. The zero-order valence-corrected chi connectivity index (χ0v) is 14.0. The maximum atomic E-state index is 3.62. The molecule has 3 rings (SSSR count). The van der Waals surface area contributed by atoms with Crippen molar-refractivity contribution in [1.29, 1.82) is 0 Å². The first-order chi connectivity index (χ1) is 10.0. The quantitative estimate of drug-likeness (QED) is 0.896. The number of piperidine rings is 1. The molecule has 1 heterocycles. The van der Waals surface area contributed by atoms with Crippen molar-refractivity contribution in [1.82, 2.24) is 5.32 Å². The predicted octanol–water partition coefficient (Wildman–Crippen LogP) is 4.12. The number of hydrogen-bond acceptors (Lipinski definition) is 2. The number of anilines is 1. The summed E-state index contributed by atoms with van der Waals surface area (Å²) < 4.78 is 0. The highest BCUT2D eigenvalue weighted by Gasteiger charge is 2.29. The van der Waals surface area contributed by atoms with Gasteiger partial charge in [-0.05, 0) is 68.2 Å². The Morgan fingerprint density at radius 2 is 1.95 bits per heavy atom. The summed E-state index contributed by atoms with van der Waals surface area (Å²) in [7, 11) is 0. The molecule has 0 amide bonds. The van der Waals surface area contributed by atoms with Crippen LogP contribution in [0.25, 0.3) is 0 Å². The van der Waals surface area contributed by atoms with Crippen molar-refractivity contribution in [2.75, 3.05) is 11.4 Å². The zero-order valence-electron chi connectivity index (χ0n) is 14.0. The van der Waals surface area contributed by atoms with Crippen molar-refractivity contribution < 1.29 is 0 Å². The molecule has 3 unspecified atom stereocenters. The standard InChI is InChI=1S/C19H30N2/c1-13-9-14(2)16(4)21(12-13)19-8-5-17(15(3)10-19)11-20-18-6-7-18/h5,8,10,13-14,16,18,20H,6-7,9,11-12H2,1-4H3. The van der Waals surface area contributed by atoms with E-state index in [1.807, 2.05) is 0 Å². The minimum Gasteiger partial charge on any atom is -0.368 e. The molecule has 2 fully saturated rings. The maximum Gasteiger partial charge on any atom is 0.0371 e. The zero-order chi connectivity index (χ0) is 15.0. The molecule has 3 atom stereocenters. The van der Waals surface area contributed by atoms with Crippen molar-refractivity contribution in [2.45, 2.75) is 65.6 Å². The summed E-state index contributed by atoms with van der Waals surface area (Å²) in [6, 6.07) is 8.49. The molecule has 1 aromatic rings. The average molecular weight is 286 g/mol. The Labute approximate surface area is 129 Å². The van der Waals surface area contributed by atoms with Gasteiger partial charge in [-0.15, -0.1) is 0 Å². The van der Waals surface area contributed by atoms with Gasteiger partial charge in [0.15, 0.2) is 0 Å². The lowest BCUT2D eigenvalue weighted by atomic mass is 9.85. The van der Waals surface area contributed by atoms with Gasteiger partial charge in [0.05, 0.1) is 0 Å². The molecule has 0 spiro atoms. The second kappa shape index (κ2) is 6.00. The Morgan fingerprint density at radius 3 is 2.62 bits per heavy atom. The Hall–Kier alpha value is -1.02. The fourth-order valence-electron chi connectivity index (χ4n) is 3.65. The van der Waals surface area contributed by atoms with Crippen LogP contribution in [-0.4, -0.2) is 18.6 Å². The summed E-state index contributed by atoms with van der Waals surface area (Å²) >= 11 is 0. The number of rotatable bonds is 4. The van der Waals surface area contributed by atoms with Crippen LogP contribution < -0.4 is 10.2 Å². The van der Waals surface area contributed by atoms with Gasteiger partial charge in [0.2, 0.25) is 0 Å². The van der Waals surface area contributed by atoms with Crippen LogP contribution in [0.1, 0.15) is 51.2 Å². The van der Waals surface area contributed by atoms with E-state index in [2.05, 4.69) is 56.1 Å². The third-order valence-corrected chi connectivity index (χ3v) is 5.41. The number of hydrogen-bond donors (Lipinski definition) is 1. The molecule has 0 aromatic heterocycles. The fourth-order valence-corrected chi connectivity index (χ4v) is 3.65. The molecule has 21 heavy (non-hydrogen) atoms. The van der Waals surface area contributed by atoms with E-state index in [0.29, 0.717) is 6.04 Å². The number of nitrogens with zero attached hydrogens (tertiary/aromatic N) is 1. The van der Waals surface area contributed by atoms with Gasteiger partial charge in [0, 0.05) is 30.9 Å². The Balaban J connectivity index is 1.73. The summed E-state index contributed by atoms with van der Waals surface area (Å²) in [4.78, 5) is 2.62. The van der Waals surface area contributed by atoms with Crippen molar-refractivity contribution in [2.24, 2.45) is 11.8 Å².